The van der Waals surface area contributed by atoms with E-state index in [2.05, 4.69) is 5.10 Å². The van der Waals surface area contributed by atoms with Crippen molar-refractivity contribution in [2.24, 2.45) is 0 Å². The minimum atomic E-state index is -0.428. The van der Waals surface area contributed by atoms with Gasteiger partial charge in [0.25, 0.3) is 5.69 Å². The Morgan fingerprint density at radius 3 is 2.71 bits per heavy atom. The van der Waals surface area contributed by atoms with Gasteiger partial charge < -0.3 is 0 Å². The molecule has 122 valence electrons. The van der Waals surface area contributed by atoms with Crippen molar-refractivity contribution in [1.29, 1.82) is 0 Å². The Kier molecular flexibility index (Phi) is 4.18. The molecule has 0 spiro atoms. The van der Waals surface area contributed by atoms with Crippen LogP contribution in [0.3, 0.4) is 0 Å². The normalized spacial score (nSPS) is 10.8. The van der Waals surface area contributed by atoms with Crippen LogP contribution >= 0.6 is 11.6 Å². The van der Waals surface area contributed by atoms with E-state index in [0.717, 1.165) is 5.56 Å². The SMILES string of the molecule is Cc1cc(Cn2cnn(-c3cccc(Cl)c3)c2=O)ccc1[N+](=O)[O-]. The van der Waals surface area contributed by atoms with Crippen LogP contribution in [0.1, 0.15) is 11.1 Å². The summed E-state index contributed by atoms with van der Waals surface area (Å²) in [5.74, 6) is 0. The molecule has 1 heterocycles. The van der Waals surface area contributed by atoms with Crippen LogP contribution in [-0.4, -0.2) is 19.3 Å². The molecule has 0 atom stereocenters. The summed E-state index contributed by atoms with van der Waals surface area (Å²) < 4.78 is 2.69. The first-order valence-electron chi connectivity index (χ1n) is 7.10. The molecule has 7 nitrogen and oxygen atoms in total. The lowest BCUT2D eigenvalue weighted by Gasteiger charge is -2.04. The summed E-state index contributed by atoms with van der Waals surface area (Å²) in [6.45, 7) is 1.94. The summed E-state index contributed by atoms with van der Waals surface area (Å²) in [5.41, 5.74) is 1.65. The number of nitrogens with zero attached hydrogens (tertiary/aromatic N) is 4. The van der Waals surface area contributed by atoms with Gasteiger partial charge in [-0.3, -0.25) is 14.7 Å². The van der Waals surface area contributed by atoms with Crippen LogP contribution in [-0.2, 0) is 6.54 Å². The molecule has 24 heavy (non-hydrogen) atoms. The van der Waals surface area contributed by atoms with Crippen molar-refractivity contribution < 1.29 is 4.92 Å². The highest BCUT2D eigenvalue weighted by Gasteiger charge is 2.12. The molecule has 0 radical (unpaired) electrons. The number of hydrogen-bond acceptors (Lipinski definition) is 4. The van der Waals surface area contributed by atoms with Gasteiger partial charge in [0.15, 0.2) is 0 Å². The monoisotopic (exact) mass is 344 g/mol. The number of nitro groups is 1. The van der Waals surface area contributed by atoms with Crippen molar-refractivity contribution in [3.05, 3.63) is 85.5 Å². The molecule has 2 aromatic carbocycles. The van der Waals surface area contributed by atoms with Gasteiger partial charge in [0.05, 0.1) is 17.2 Å². The smallest absolute Gasteiger partial charge is 0.277 e. The van der Waals surface area contributed by atoms with Crippen LogP contribution in [0.5, 0.6) is 0 Å². The number of aryl methyl sites for hydroxylation is 1. The summed E-state index contributed by atoms with van der Waals surface area (Å²) in [6, 6.07) is 11.6. The quantitative estimate of drug-likeness (QED) is 0.538. The van der Waals surface area contributed by atoms with Gasteiger partial charge in [-0.1, -0.05) is 23.7 Å². The van der Waals surface area contributed by atoms with Gasteiger partial charge >= 0.3 is 5.69 Å². The zero-order valence-electron chi connectivity index (χ0n) is 12.7. The lowest BCUT2D eigenvalue weighted by atomic mass is 10.1. The third kappa shape index (κ3) is 3.07. The van der Waals surface area contributed by atoms with E-state index in [-0.39, 0.29) is 17.9 Å². The Morgan fingerprint density at radius 1 is 1.25 bits per heavy atom. The number of halogens is 1. The number of aromatic nitrogens is 3. The highest BCUT2D eigenvalue weighted by molar-refractivity contribution is 6.30. The molecule has 0 saturated heterocycles. The third-order valence-electron chi connectivity index (χ3n) is 3.60. The van der Waals surface area contributed by atoms with E-state index in [4.69, 9.17) is 11.6 Å². The molecule has 0 fully saturated rings. The average Bonchev–Trinajstić information content (AvgIpc) is 2.88. The van der Waals surface area contributed by atoms with Crippen molar-refractivity contribution >= 4 is 17.3 Å². The first kappa shape index (κ1) is 15.9. The Balaban J connectivity index is 1.91. The Labute approximate surface area is 141 Å². The highest BCUT2D eigenvalue weighted by Crippen LogP contribution is 2.19. The number of nitro benzene ring substituents is 1. The predicted octanol–water partition coefficient (Wildman–Crippen LogP) is 2.95. The fourth-order valence-electron chi connectivity index (χ4n) is 2.45. The van der Waals surface area contributed by atoms with Crippen LogP contribution < -0.4 is 5.69 Å². The van der Waals surface area contributed by atoms with E-state index < -0.39 is 4.92 Å². The molecule has 0 N–H and O–H groups in total. The van der Waals surface area contributed by atoms with Crippen LogP contribution in [0.2, 0.25) is 5.02 Å². The zero-order chi connectivity index (χ0) is 17.3. The number of benzene rings is 2. The second-order valence-electron chi connectivity index (χ2n) is 5.31. The van der Waals surface area contributed by atoms with Crippen molar-refractivity contribution in [2.45, 2.75) is 13.5 Å². The van der Waals surface area contributed by atoms with Crippen molar-refractivity contribution in [2.75, 3.05) is 0 Å². The first-order chi connectivity index (χ1) is 11.5. The summed E-state index contributed by atoms with van der Waals surface area (Å²) in [5, 5.41) is 15.5. The molecule has 0 saturated carbocycles. The second kappa shape index (κ2) is 6.29. The summed E-state index contributed by atoms with van der Waals surface area (Å²) >= 11 is 5.94. The maximum absolute atomic E-state index is 12.5. The van der Waals surface area contributed by atoms with Gasteiger partial charge in [-0.2, -0.15) is 9.78 Å². The second-order valence-corrected chi connectivity index (χ2v) is 5.75. The van der Waals surface area contributed by atoms with E-state index >= 15 is 0 Å². The van der Waals surface area contributed by atoms with E-state index in [1.54, 1.807) is 43.3 Å². The Morgan fingerprint density at radius 2 is 2.04 bits per heavy atom. The van der Waals surface area contributed by atoms with Gasteiger partial charge in [0.2, 0.25) is 0 Å². The lowest BCUT2D eigenvalue weighted by molar-refractivity contribution is -0.385. The summed E-state index contributed by atoms with van der Waals surface area (Å²) in [4.78, 5) is 22.9. The van der Waals surface area contributed by atoms with Crippen LogP contribution in [0.25, 0.3) is 5.69 Å². The van der Waals surface area contributed by atoms with Gasteiger partial charge in [0.1, 0.15) is 6.33 Å². The molecular formula is C16H13ClN4O3. The average molecular weight is 345 g/mol. The van der Waals surface area contributed by atoms with Gasteiger partial charge in [0, 0.05) is 16.7 Å². The third-order valence-corrected chi connectivity index (χ3v) is 3.83. The molecule has 8 heteroatoms. The molecule has 0 amide bonds. The minimum absolute atomic E-state index is 0.0562. The summed E-state index contributed by atoms with van der Waals surface area (Å²) in [7, 11) is 0. The minimum Gasteiger partial charge on any atom is -0.277 e. The van der Waals surface area contributed by atoms with Crippen molar-refractivity contribution in [3.8, 4) is 5.69 Å². The van der Waals surface area contributed by atoms with Gasteiger partial charge in [-0.15, -0.1) is 0 Å². The standard InChI is InChI=1S/C16H13ClN4O3/c1-11-7-12(5-6-15(11)21(23)24)9-19-10-18-20(16(19)22)14-4-2-3-13(17)8-14/h2-8,10H,9H2,1H3. The Hall–Kier alpha value is -2.93. The van der Waals surface area contributed by atoms with E-state index in [0.29, 0.717) is 16.3 Å². The molecule has 1 aromatic heterocycles. The molecule has 0 unspecified atom stereocenters. The Bertz CT molecular complexity index is 977. The van der Waals surface area contributed by atoms with E-state index in [1.807, 2.05) is 0 Å². The largest absolute Gasteiger partial charge is 0.350 e. The van der Waals surface area contributed by atoms with E-state index in [1.165, 1.54) is 21.6 Å². The van der Waals surface area contributed by atoms with Crippen molar-refractivity contribution in [3.63, 3.8) is 0 Å². The predicted molar refractivity (Wildman–Crippen MR) is 89.8 cm³/mol. The zero-order valence-corrected chi connectivity index (χ0v) is 13.5. The topological polar surface area (TPSA) is 83.0 Å². The van der Waals surface area contributed by atoms with Crippen molar-refractivity contribution in [1.82, 2.24) is 14.3 Å². The summed E-state index contributed by atoms with van der Waals surface area (Å²) in [6.07, 6.45) is 1.43. The lowest BCUT2D eigenvalue weighted by Crippen LogP contribution is -2.24. The van der Waals surface area contributed by atoms with Crippen LogP contribution in [0.4, 0.5) is 5.69 Å². The van der Waals surface area contributed by atoms with E-state index in [9.17, 15) is 14.9 Å². The fraction of sp³-hybridized carbons (Fsp3) is 0.125. The molecular weight excluding hydrogens is 332 g/mol. The number of rotatable bonds is 4. The molecule has 0 aliphatic rings. The molecule has 3 rings (SSSR count). The fourth-order valence-corrected chi connectivity index (χ4v) is 2.63. The van der Waals surface area contributed by atoms with Crippen LogP contribution in [0, 0.1) is 17.0 Å². The first-order valence-corrected chi connectivity index (χ1v) is 7.48. The van der Waals surface area contributed by atoms with Gasteiger partial charge in [-0.05, 0) is 36.8 Å². The molecule has 3 aromatic rings. The maximum Gasteiger partial charge on any atom is 0.350 e. The maximum atomic E-state index is 12.5. The van der Waals surface area contributed by atoms with Gasteiger partial charge in [-0.25, -0.2) is 4.79 Å². The van der Waals surface area contributed by atoms with Crippen LogP contribution in [0.15, 0.2) is 53.6 Å². The highest BCUT2D eigenvalue weighted by atomic mass is 35.5. The molecule has 0 bridgehead atoms. The number of hydrogen-bond donors (Lipinski definition) is 0. The molecule has 0 aliphatic heterocycles. The molecule has 0 aliphatic carbocycles.